The molecule has 3 nitrogen and oxygen atoms in total. The van der Waals surface area contributed by atoms with Crippen LogP contribution in [0.15, 0.2) is 11.3 Å². The van der Waals surface area contributed by atoms with Crippen LogP contribution in [0.25, 0.3) is 5.53 Å². The van der Waals surface area contributed by atoms with Gasteiger partial charge in [0.15, 0.2) is 6.54 Å². The molecule has 3 heteroatoms. The minimum atomic E-state index is 0.574. The summed E-state index contributed by atoms with van der Waals surface area (Å²) < 4.78 is 0. The predicted octanol–water partition coefficient (Wildman–Crippen LogP) is 1.86. The Bertz CT molecular complexity index is 154. The minimum absolute atomic E-state index is 0.574. The summed E-state index contributed by atoms with van der Waals surface area (Å²) >= 11 is 0. The molecule has 0 amide bonds. The van der Waals surface area contributed by atoms with E-state index >= 15 is 0 Å². The Morgan fingerprint density at radius 3 is 2.20 bits per heavy atom. The number of hydrogen-bond acceptors (Lipinski definition) is 0. The molecule has 0 unspecified atom stereocenters. The van der Waals surface area contributed by atoms with E-state index in [1.165, 1.54) is 5.57 Å². The van der Waals surface area contributed by atoms with Gasteiger partial charge in [0.2, 0.25) is 0 Å². The Morgan fingerprint density at radius 1 is 1.40 bits per heavy atom. The Kier molecular flexibility index (Phi) is 3.69. The van der Waals surface area contributed by atoms with E-state index in [0.717, 1.165) is 10.5 Å². The lowest BCUT2D eigenvalue weighted by Crippen LogP contribution is -2.24. The van der Waals surface area contributed by atoms with Gasteiger partial charge in [-0.05, 0) is 33.4 Å². The summed E-state index contributed by atoms with van der Waals surface area (Å²) in [6, 6.07) is 0. The molecule has 0 aliphatic carbocycles. The van der Waals surface area contributed by atoms with Gasteiger partial charge in [0.1, 0.15) is 0 Å². The van der Waals surface area contributed by atoms with Crippen molar-refractivity contribution in [1.82, 2.24) is 5.43 Å². The molecule has 1 N–H and O–H groups in total. The highest BCUT2D eigenvalue weighted by Crippen LogP contribution is 1.96. The molecule has 0 aromatic carbocycles. The Morgan fingerprint density at radius 2 is 1.90 bits per heavy atom. The quantitative estimate of drug-likeness (QED) is 0.363. The summed E-state index contributed by atoms with van der Waals surface area (Å²) in [6.45, 7) is 8.35. The zero-order valence-corrected chi connectivity index (χ0v) is 7.10. The van der Waals surface area contributed by atoms with Crippen LogP contribution in [0.3, 0.4) is 0 Å². The highest BCUT2D eigenvalue weighted by molar-refractivity contribution is 5.01. The average molecular weight is 141 g/mol. The van der Waals surface area contributed by atoms with E-state index in [1.807, 2.05) is 27.7 Å². The van der Waals surface area contributed by atoms with E-state index in [4.69, 9.17) is 5.53 Å². The molecule has 0 aliphatic heterocycles. The lowest BCUT2D eigenvalue weighted by atomic mass is 10.3. The largest absolute Gasteiger partial charge is 0.268 e. The van der Waals surface area contributed by atoms with E-state index < -0.39 is 0 Å². The molecule has 58 valence electrons. The molecule has 10 heavy (non-hydrogen) atoms. The van der Waals surface area contributed by atoms with Crippen LogP contribution >= 0.6 is 0 Å². The van der Waals surface area contributed by atoms with Gasteiger partial charge < -0.3 is 0 Å². The van der Waals surface area contributed by atoms with Gasteiger partial charge in [-0.15, -0.1) is 5.53 Å². The summed E-state index contributed by atoms with van der Waals surface area (Å²) in [6.07, 6.45) is 0. The van der Waals surface area contributed by atoms with E-state index in [0.29, 0.717) is 6.54 Å². The van der Waals surface area contributed by atoms with Crippen LogP contribution in [0.1, 0.15) is 27.7 Å². The second kappa shape index (κ2) is 4.04. The Balaban J connectivity index is 3.92. The van der Waals surface area contributed by atoms with Gasteiger partial charge >= 0.3 is 0 Å². The Labute approximate surface area is 62.2 Å². The fourth-order valence-corrected chi connectivity index (χ4v) is 0.384. The molecule has 0 rings (SSSR count). The number of nitrogens with one attached hydrogen (secondary N) is 1. The van der Waals surface area contributed by atoms with Gasteiger partial charge in [-0.3, -0.25) is 5.43 Å². The zero-order valence-electron chi connectivity index (χ0n) is 7.10. The van der Waals surface area contributed by atoms with Crippen molar-refractivity contribution < 1.29 is 4.81 Å². The van der Waals surface area contributed by atoms with Crippen molar-refractivity contribution in [1.29, 1.82) is 0 Å². The number of rotatable bonds is 3. The molecular formula is C7H15N3. The highest BCUT2D eigenvalue weighted by atomic mass is 15.5. The molecule has 0 aromatic rings. The molecular weight excluding hydrogens is 126 g/mol. The zero-order chi connectivity index (χ0) is 8.15. The first-order chi connectivity index (χ1) is 4.57. The van der Waals surface area contributed by atoms with Crippen LogP contribution in [0.2, 0.25) is 0 Å². The third-order valence-electron chi connectivity index (χ3n) is 1.35. The van der Waals surface area contributed by atoms with Crippen LogP contribution < -0.4 is 5.43 Å². The second-order valence-electron chi connectivity index (χ2n) is 2.45. The number of nitrogens with zero attached hydrogens (tertiary/aromatic N) is 2. The first-order valence-corrected chi connectivity index (χ1v) is 3.45. The molecule has 0 bridgehead atoms. The van der Waals surface area contributed by atoms with Gasteiger partial charge in [0.05, 0.1) is 0 Å². The fraction of sp³-hybridized carbons (Fsp3) is 0.714. The highest BCUT2D eigenvalue weighted by Gasteiger charge is 1.90. The first-order valence-electron chi connectivity index (χ1n) is 3.45. The maximum Gasteiger partial charge on any atom is 0.159 e. The molecule has 0 fully saturated rings. The van der Waals surface area contributed by atoms with Crippen molar-refractivity contribution in [2.45, 2.75) is 27.7 Å². The van der Waals surface area contributed by atoms with Crippen LogP contribution in [0, 0.1) is 0 Å². The predicted molar refractivity (Wildman–Crippen MR) is 41.3 cm³/mol. The van der Waals surface area contributed by atoms with Gasteiger partial charge in [-0.1, -0.05) is 5.57 Å². The minimum Gasteiger partial charge on any atom is -0.268 e. The van der Waals surface area contributed by atoms with Crippen molar-refractivity contribution >= 4 is 0 Å². The van der Waals surface area contributed by atoms with Crippen molar-refractivity contribution in [3.63, 3.8) is 0 Å². The Hall–Kier alpha value is -0.860. The molecule has 0 heterocycles. The van der Waals surface area contributed by atoms with Crippen molar-refractivity contribution in [2.24, 2.45) is 0 Å². The lowest BCUT2D eigenvalue weighted by molar-refractivity contribution is -0.596. The van der Waals surface area contributed by atoms with E-state index in [1.54, 1.807) is 0 Å². The molecule has 0 aliphatic rings. The smallest absolute Gasteiger partial charge is 0.159 e. The molecule has 0 saturated heterocycles. The second-order valence-corrected chi connectivity index (χ2v) is 2.45. The van der Waals surface area contributed by atoms with Gasteiger partial charge in [0.25, 0.3) is 0 Å². The van der Waals surface area contributed by atoms with Gasteiger partial charge in [0, 0.05) is 0 Å². The SMILES string of the molecule is CC[N+](=[N-])NC(C)=C(C)C. The van der Waals surface area contributed by atoms with Crippen LogP contribution in [0.4, 0.5) is 0 Å². The van der Waals surface area contributed by atoms with Gasteiger partial charge in [-0.25, -0.2) is 0 Å². The third kappa shape index (κ3) is 3.22. The topological polar surface area (TPSA) is 37.3 Å². The summed E-state index contributed by atoms with van der Waals surface area (Å²) in [5, 5.41) is 0. The van der Waals surface area contributed by atoms with Crippen molar-refractivity contribution in [2.75, 3.05) is 6.54 Å². The standard InChI is InChI=1S/C7H15N3/c1-5-10(8)9-7(4)6(2)3/h9H,5H2,1-4H3. The molecule has 0 spiro atoms. The van der Waals surface area contributed by atoms with Crippen LogP contribution in [0.5, 0.6) is 0 Å². The maximum absolute atomic E-state index is 8.97. The summed E-state index contributed by atoms with van der Waals surface area (Å²) in [5.74, 6) is 0. The molecule has 0 radical (unpaired) electrons. The number of hydrogen-bond donors (Lipinski definition) is 1. The summed E-state index contributed by atoms with van der Waals surface area (Å²) in [7, 11) is 0. The molecule has 0 aromatic heterocycles. The number of allylic oxidation sites excluding steroid dienone is 2. The lowest BCUT2D eigenvalue weighted by Gasteiger charge is -2.09. The van der Waals surface area contributed by atoms with Crippen molar-refractivity contribution in [3.05, 3.63) is 16.8 Å². The monoisotopic (exact) mass is 141 g/mol. The first kappa shape index (κ1) is 9.14. The average Bonchev–Trinajstić information content (AvgIpc) is 1.87. The van der Waals surface area contributed by atoms with Crippen molar-refractivity contribution in [3.8, 4) is 0 Å². The summed E-state index contributed by atoms with van der Waals surface area (Å²) in [4.78, 5) is 1.06. The molecule has 0 atom stereocenters. The van der Waals surface area contributed by atoms with E-state index in [9.17, 15) is 0 Å². The normalized spacial score (nSPS) is 8.80. The van der Waals surface area contributed by atoms with E-state index in [2.05, 4.69) is 5.43 Å². The molecule has 0 saturated carbocycles. The van der Waals surface area contributed by atoms with Crippen LogP contribution in [-0.2, 0) is 0 Å². The number of hydrazine groups is 1. The third-order valence-corrected chi connectivity index (χ3v) is 1.35. The van der Waals surface area contributed by atoms with E-state index in [-0.39, 0.29) is 0 Å². The van der Waals surface area contributed by atoms with Crippen LogP contribution in [-0.4, -0.2) is 11.4 Å². The fourth-order valence-electron chi connectivity index (χ4n) is 0.384. The summed E-state index contributed by atoms with van der Waals surface area (Å²) in [5.41, 5.74) is 13.9. The maximum atomic E-state index is 8.97. The van der Waals surface area contributed by atoms with Gasteiger partial charge in [-0.2, -0.15) is 4.81 Å².